The van der Waals surface area contributed by atoms with E-state index < -0.39 is 0 Å². The smallest absolute Gasteiger partial charge is 0.334 e. The monoisotopic (exact) mass is 188 g/mol. The Morgan fingerprint density at radius 1 is 1.36 bits per heavy atom. The molecule has 0 aromatic heterocycles. The summed E-state index contributed by atoms with van der Waals surface area (Å²) in [5.41, 5.74) is 3.19. The predicted molar refractivity (Wildman–Crippen MR) is 53.9 cm³/mol. The summed E-state index contributed by atoms with van der Waals surface area (Å²) in [5.74, 6) is -0.173. The number of hydrogen-bond donors (Lipinski definition) is 0. The van der Waals surface area contributed by atoms with Crippen molar-refractivity contribution in [1.29, 1.82) is 0 Å². The summed E-state index contributed by atoms with van der Waals surface area (Å²) in [7, 11) is 0. The summed E-state index contributed by atoms with van der Waals surface area (Å²) in [6.45, 7) is 2.48. The molecule has 1 aliphatic rings. The maximum atomic E-state index is 11.2. The zero-order valence-electron chi connectivity index (χ0n) is 8.12. The van der Waals surface area contributed by atoms with E-state index in [0.29, 0.717) is 13.0 Å². The predicted octanol–water partition coefficient (Wildman–Crippen LogP) is 2.02. The van der Waals surface area contributed by atoms with Crippen molar-refractivity contribution < 1.29 is 9.53 Å². The van der Waals surface area contributed by atoms with Gasteiger partial charge >= 0.3 is 5.97 Å². The van der Waals surface area contributed by atoms with Crippen LogP contribution in [0.2, 0.25) is 0 Å². The van der Waals surface area contributed by atoms with Gasteiger partial charge in [-0.05, 0) is 24.1 Å². The normalized spacial score (nSPS) is 15.2. The first-order chi connectivity index (χ1) is 6.77. The molecule has 2 heteroatoms. The van der Waals surface area contributed by atoms with Gasteiger partial charge in [0.1, 0.15) is 6.61 Å². The molecule has 1 aliphatic heterocycles. The molecule has 0 amide bonds. The number of carbonyl (C=O) groups excluding carboxylic acids is 1. The molecule has 0 bridgehead atoms. The second-order valence-electron chi connectivity index (χ2n) is 3.43. The highest BCUT2D eigenvalue weighted by Crippen LogP contribution is 2.16. The lowest BCUT2D eigenvalue weighted by molar-refractivity contribution is -0.136. The van der Waals surface area contributed by atoms with Gasteiger partial charge in [0.25, 0.3) is 0 Å². The molecule has 0 atom stereocenters. The van der Waals surface area contributed by atoms with Gasteiger partial charge in [-0.2, -0.15) is 0 Å². The molecule has 14 heavy (non-hydrogen) atoms. The summed E-state index contributed by atoms with van der Waals surface area (Å²) in [6, 6.07) is 8.08. The Labute approximate surface area is 83.2 Å². The van der Waals surface area contributed by atoms with Crippen LogP contribution in [0.4, 0.5) is 0 Å². The minimum absolute atomic E-state index is 0.173. The SMILES string of the molecule is Cc1ccccc1CC1=CCOC1=O. The molecule has 0 radical (unpaired) electrons. The average Bonchev–Trinajstić information content (AvgIpc) is 2.56. The van der Waals surface area contributed by atoms with Crippen molar-refractivity contribution in [3.8, 4) is 0 Å². The fraction of sp³-hybridized carbons (Fsp3) is 0.250. The Hall–Kier alpha value is -1.57. The van der Waals surface area contributed by atoms with E-state index in [1.807, 2.05) is 24.3 Å². The minimum atomic E-state index is -0.173. The van der Waals surface area contributed by atoms with E-state index in [-0.39, 0.29) is 5.97 Å². The van der Waals surface area contributed by atoms with Crippen molar-refractivity contribution in [2.24, 2.45) is 0 Å². The lowest BCUT2D eigenvalue weighted by Gasteiger charge is -2.04. The van der Waals surface area contributed by atoms with E-state index in [9.17, 15) is 4.79 Å². The van der Waals surface area contributed by atoms with Gasteiger partial charge in [0.05, 0.1) is 0 Å². The summed E-state index contributed by atoms with van der Waals surface area (Å²) in [5, 5.41) is 0. The van der Waals surface area contributed by atoms with Crippen LogP contribution in [0.5, 0.6) is 0 Å². The van der Waals surface area contributed by atoms with Crippen molar-refractivity contribution in [2.45, 2.75) is 13.3 Å². The molecular weight excluding hydrogens is 176 g/mol. The number of ether oxygens (including phenoxy) is 1. The Balaban J connectivity index is 2.19. The van der Waals surface area contributed by atoms with Crippen LogP contribution in [0.1, 0.15) is 11.1 Å². The van der Waals surface area contributed by atoms with Crippen molar-refractivity contribution in [1.82, 2.24) is 0 Å². The van der Waals surface area contributed by atoms with Crippen molar-refractivity contribution >= 4 is 5.97 Å². The quantitative estimate of drug-likeness (QED) is 0.664. The van der Waals surface area contributed by atoms with E-state index in [1.54, 1.807) is 0 Å². The Bertz CT molecular complexity index is 391. The zero-order valence-corrected chi connectivity index (χ0v) is 8.12. The zero-order chi connectivity index (χ0) is 9.97. The van der Waals surface area contributed by atoms with E-state index in [0.717, 1.165) is 5.57 Å². The molecule has 0 saturated carbocycles. The van der Waals surface area contributed by atoms with E-state index in [4.69, 9.17) is 4.74 Å². The second-order valence-corrected chi connectivity index (χ2v) is 3.43. The maximum absolute atomic E-state index is 11.2. The fourth-order valence-corrected chi connectivity index (χ4v) is 1.55. The third-order valence-corrected chi connectivity index (χ3v) is 2.45. The van der Waals surface area contributed by atoms with Crippen LogP contribution in [0.3, 0.4) is 0 Å². The lowest BCUT2D eigenvalue weighted by Crippen LogP contribution is -2.02. The summed E-state index contributed by atoms with van der Waals surface area (Å²) in [4.78, 5) is 11.2. The molecule has 0 fully saturated rings. The molecule has 1 aromatic rings. The fourth-order valence-electron chi connectivity index (χ4n) is 1.55. The molecule has 0 N–H and O–H groups in total. The van der Waals surface area contributed by atoms with Crippen molar-refractivity contribution in [3.63, 3.8) is 0 Å². The van der Waals surface area contributed by atoms with Crippen LogP contribution >= 0.6 is 0 Å². The highest BCUT2D eigenvalue weighted by Gasteiger charge is 2.16. The first-order valence-electron chi connectivity index (χ1n) is 4.68. The molecule has 72 valence electrons. The molecule has 0 unspecified atom stereocenters. The largest absolute Gasteiger partial charge is 0.458 e. The summed E-state index contributed by atoms with van der Waals surface area (Å²) >= 11 is 0. The molecule has 0 spiro atoms. The number of hydrogen-bond acceptors (Lipinski definition) is 2. The number of carbonyl (C=O) groups is 1. The Morgan fingerprint density at radius 3 is 2.79 bits per heavy atom. The van der Waals surface area contributed by atoms with E-state index >= 15 is 0 Å². The Kier molecular flexibility index (Phi) is 2.35. The number of esters is 1. The van der Waals surface area contributed by atoms with Gasteiger partial charge in [-0.1, -0.05) is 24.3 Å². The van der Waals surface area contributed by atoms with Crippen LogP contribution in [0, 0.1) is 6.92 Å². The molecule has 0 aliphatic carbocycles. The van der Waals surface area contributed by atoms with Crippen molar-refractivity contribution in [3.05, 3.63) is 47.0 Å². The third-order valence-electron chi connectivity index (χ3n) is 2.45. The van der Waals surface area contributed by atoms with Crippen LogP contribution in [-0.4, -0.2) is 12.6 Å². The van der Waals surface area contributed by atoms with Gasteiger partial charge in [0, 0.05) is 12.0 Å². The van der Waals surface area contributed by atoms with Gasteiger partial charge in [0.2, 0.25) is 0 Å². The number of aryl methyl sites for hydroxylation is 1. The second kappa shape index (κ2) is 3.66. The molecule has 2 nitrogen and oxygen atoms in total. The van der Waals surface area contributed by atoms with E-state index in [2.05, 4.69) is 13.0 Å². The standard InChI is InChI=1S/C12H12O2/c1-9-4-2-3-5-10(9)8-11-6-7-14-12(11)13/h2-6H,7-8H2,1H3. The van der Waals surface area contributed by atoms with Crippen molar-refractivity contribution in [2.75, 3.05) is 6.61 Å². The number of benzene rings is 1. The molecule has 1 heterocycles. The topological polar surface area (TPSA) is 26.3 Å². The average molecular weight is 188 g/mol. The highest BCUT2D eigenvalue weighted by molar-refractivity contribution is 5.90. The van der Waals surface area contributed by atoms with Gasteiger partial charge in [0.15, 0.2) is 0 Å². The molecular formula is C12H12O2. The molecule has 2 rings (SSSR count). The van der Waals surface area contributed by atoms with Crippen LogP contribution in [0.15, 0.2) is 35.9 Å². The minimum Gasteiger partial charge on any atom is -0.458 e. The van der Waals surface area contributed by atoms with Crippen LogP contribution < -0.4 is 0 Å². The molecule has 1 aromatic carbocycles. The molecule has 0 saturated heterocycles. The van der Waals surface area contributed by atoms with Gasteiger partial charge in [-0.3, -0.25) is 0 Å². The summed E-state index contributed by atoms with van der Waals surface area (Å²) in [6.07, 6.45) is 2.54. The van der Waals surface area contributed by atoms with Gasteiger partial charge in [-0.15, -0.1) is 0 Å². The maximum Gasteiger partial charge on any atom is 0.334 e. The third kappa shape index (κ3) is 1.69. The number of cyclic esters (lactones) is 1. The first kappa shape index (κ1) is 9.00. The van der Waals surface area contributed by atoms with Crippen LogP contribution in [-0.2, 0) is 16.0 Å². The highest BCUT2D eigenvalue weighted by atomic mass is 16.5. The number of rotatable bonds is 2. The summed E-state index contributed by atoms with van der Waals surface area (Å²) < 4.78 is 4.85. The van der Waals surface area contributed by atoms with Gasteiger partial charge < -0.3 is 4.74 Å². The van der Waals surface area contributed by atoms with Crippen LogP contribution in [0.25, 0.3) is 0 Å². The first-order valence-corrected chi connectivity index (χ1v) is 4.68. The van der Waals surface area contributed by atoms with Gasteiger partial charge in [-0.25, -0.2) is 4.79 Å². The Morgan fingerprint density at radius 2 is 2.14 bits per heavy atom. The lowest BCUT2D eigenvalue weighted by atomic mass is 10.0. The van der Waals surface area contributed by atoms with E-state index in [1.165, 1.54) is 11.1 Å².